The Bertz CT molecular complexity index is 512. The van der Waals surface area contributed by atoms with Gasteiger partial charge in [-0.05, 0) is 23.1 Å². The first-order valence-corrected chi connectivity index (χ1v) is 9.28. The van der Waals surface area contributed by atoms with Crippen molar-refractivity contribution < 1.29 is 28.4 Å². The molecule has 0 bridgehead atoms. The average Bonchev–Trinajstić information content (AvgIpc) is 2.60. The van der Waals surface area contributed by atoms with Gasteiger partial charge >= 0.3 is 0 Å². The lowest BCUT2D eigenvalue weighted by molar-refractivity contribution is -0.00842. The number of hydrogen-bond acceptors (Lipinski definition) is 6. The summed E-state index contributed by atoms with van der Waals surface area (Å²) in [7, 11) is 0. The third-order valence-corrected chi connectivity index (χ3v) is 3.90. The van der Waals surface area contributed by atoms with E-state index in [1.807, 2.05) is 12.1 Å². The van der Waals surface area contributed by atoms with Gasteiger partial charge in [0.15, 0.2) is 11.5 Å². The number of rotatable bonds is 0. The summed E-state index contributed by atoms with van der Waals surface area (Å²) in [5, 5.41) is 0. The highest BCUT2D eigenvalue weighted by molar-refractivity contribution is 5.44. The third kappa shape index (κ3) is 7.91. The molecule has 0 radical (unpaired) electrons. The lowest BCUT2D eigenvalue weighted by Gasteiger charge is -2.21. The van der Waals surface area contributed by atoms with Crippen molar-refractivity contribution in [1.29, 1.82) is 0 Å². The first kappa shape index (κ1) is 21.0. The van der Waals surface area contributed by atoms with Gasteiger partial charge < -0.3 is 28.4 Å². The molecule has 0 N–H and O–H groups in total. The van der Waals surface area contributed by atoms with Crippen molar-refractivity contribution in [2.75, 3.05) is 66.1 Å². The van der Waals surface area contributed by atoms with Gasteiger partial charge in [0, 0.05) is 0 Å². The van der Waals surface area contributed by atoms with Crippen molar-refractivity contribution in [2.45, 2.75) is 26.2 Å². The number of fused-ring (bicyclic) bond motifs is 1. The van der Waals surface area contributed by atoms with Crippen LogP contribution < -0.4 is 9.47 Å². The molecular formula is C20H32O6. The third-order valence-electron chi connectivity index (χ3n) is 3.90. The molecule has 0 aromatic heterocycles. The van der Waals surface area contributed by atoms with Gasteiger partial charge in [-0.1, -0.05) is 26.8 Å². The Morgan fingerprint density at radius 3 is 1.46 bits per heavy atom. The van der Waals surface area contributed by atoms with Crippen LogP contribution in [0.5, 0.6) is 11.5 Å². The van der Waals surface area contributed by atoms with Gasteiger partial charge in [-0.15, -0.1) is 0 Å². The van der Waals surface area contributed by atoms with Crippen LogP contribution in [0.1, 0.15) is 26.3 Å². The minimum atomic E-state index is 0.0430. The van der Waals surface area contributed by atoms with E-state index in [0.29, 0.717) is 66.1 Å². The predicted molar refractivity (Wildman–Crippen MR) is 99.4 cm³/mol. The molecule has 6 heteroatoms. The van der Waals surface area contributed by atoms with Gasteiger partial charge in [0.25, 0.3) is 0 Å². The maximum absolute atomic E-state index is 5.92. The molecule has 0 fully saturated rings. The van der Waals surface area contributed by atoms with E-state index in [4.69, 9.17) is 28.4 Å². The van der Waals surface area contributed by atoms with Gasteiger partial charge in [0.2, 0.25) is 0 Å². The van der Waals surface area contributed by atoms with Crippen LogP contribution in [0.3, 0.4) is 0 Å². The lowest BCUT2D eigenvalue weighted by atomic mass is 9.87. The molecule has 2 rings (SSSR count). The standard InChI is InChI=1S/C20H32O6/c1-20(2,3)17-4-5-18-19(16-17)26-15-13-24-11-9-22-7-6-21-8-10-23-12-14-25-18/h4-5,16H,6-15H2,1-3H3. The van der Waals surface area contributed by atoms with Crippen LogP contribution in [0.15, 0.2) is 18.2 Å². The fourth-order valence-corrected chi connectivity index (χ4v) is 2.39. The molecule has 1 aromatic rings. The highest BCUT2D eigenvalue weighted by atomic mass is 16.6. The van der Waals surface area contributed by atoms with E-state index in [0.717, 1.165) is 11.5 Å². The predicted octanol–water partition coefficient (Wildman–Crippen LogP) is 2.82. The summed E-state index contributed by atoms with van der Waals surface area (Å²) < 4.78 is 33.7. The summed E-state index contributed by atoms with van der Waals surface area (Å²) in [4.78, 5) is 0. The topological polar surface area (TPSA) is 55.4 Å². The molecule has 0 saturated carbocycles. The van der Waals surface area contributed by atoms with E-state index in [2.05, 4.69) is 26.8 Å². The van der Waals surface area contributed by atoms with Crippen LogP contribution >= 0.6 is 0 Å². The van der Waals surface area contributed by atoms with Gasteiger partial charge in [-0.25, -0.2) is 0 Å². The second-order valence-electron chi connectivity index (χ2n) is 7.06. The zero-order chi connectivity index (χ0) is 18.7. The largest absolute Gasteiger partial charge is 0.487 e. The van der Waals surface area contributed by atoms with Crippen molar-refractivity contribution in [2.24, 2.45) is 0 Å². The Morgan fingerprint density at radius 2 is 1.00 bits per heavy atom. The Morgan fingerprint density at radius 1 is 0.577 bits per heavy atom. The molecule has 0 aliphatic carbocycles. The fourth-order valence-electron chi connectivity index (χ4n) is 2.39. The molecular weight excluding hydrogens is 336 g/mol. The smallest absolute Gasteiger partial charge is 0.161 e. The monoisotopic (exact) mass is 368 g/mol. The van der Waals surface area contributed by atoms with Crippen LogP contribution in [0, 0.1) is 0 Å². The summed E-state index contributed by atoms with van der Waals surface area (Å²) in [6, 6.07) is 6.09. The molecule has 1 aromatic carbocycles. The minimum Gasteiger partial charge on any atom is -0.487 e. The Kier molecular flexibility index (Phi) is 9.18. The molecule has 148 valence electrons. The molecule has 6 nitrogen and oxygen atoms in total. The summed E-state index contributed by atoms with van der Waals surface area (Å²) in [6.07, 6.45) is 0. The zero-order valence-electron chi connectivity index (χ0n) is 16.3. The Hall–Kier alpha value is -1.34. The van der Waals surface area contributed by atoms with E-state index < -0.39 is 0 Å². The maximum atomic E-state index is 5.92. The van der Waals surface area contributed by atoms with Crippen molar-refractivity contribution in [1.82, 2.24) is 0 Å². The second-order valence-corrected chi connectivity index (χ2v) is 7.06. The second kappa shape index (κ2) is 11.4. The van der Waals surface area contributed by atoms with Gasteiger partial charge in [-0.3, -0.25) is 0 Å². The van der Waals surface area contributed by atoms with Crippen molar-refractivity contribution in [3.05, 3.63) is 23.8 Å². The fraction of sp³-hybridized carbons (Fsp3) is 0.700. The molecule has 0 atom stereocenters. The highest BCUT2D eigenvalue weighted by Crippen LogP contribution is 2.33. The van der Waals surface area contributed by atoms with E-state index in [1.165, 1.54) is 5.56 Å². The number of ether oxygens (including phenoxy) is 6. The number of hydrogen-bond donors (Lipinski definition) is 0. The maximum Gasteiger partial charge on any atom is 0.161 e. The van der Waals surface area contributed by atoms with E-state index in [1.54, 1.807) is 0 Å². The first-order valence-electron chi connectivity index (χ1n) is 9.28. The quantitative estimate of drug-likeness (QED) is 0.702. The molecule has 26 heavy (non-hydrogen) atoms. The van der Waals surface area contributed by atoms with Gasteiger partial charge in [0.1, 0.15) is 13.2 Å². The lowest BCUT2D eigenvalue weighted by Crippen LogP contribution is -2.16. The molecule has 0 unspecified atom stereocenters. The van der Waals surface area contributed by atoms with Crippen LogP contribution in [-0.4, -0.2) is 66.1 Å². The normalized spacial score (nSPS) is 19.3. The van der Waals surface area contributed by atoms with Gasteiger partial charge in [0.05, 0.1) is 52.9 Å². The van der Waals surface area contributed by atoms with E-state index in [-0.39, 0.29) is 5.41 Å². The summed E-state index contributed by atoms with van der Waals surface area (Å²) >= 11 is 0. The minimum absolute atomic E-state index is 0.0430. The molecule has 0 amide bonds. The molecule has 0 saturated heterocycles. The molecule has 0 spiro atoms. The Balaban J connectivity index is 1.97. The molecule has 1 aliphatic rings. The molecule has 1 heterocycles. The van der Waals surface area contributed by atoms with Crippen molar-refractivity contribution in [3.63, 3.8) is 0 Å². The highest BCUT2D eigenvalue weighted by Gasteiger charge is 2.17. The average molecular weight is 368 g/mol. The van der Waals surface area contributed by atoms with E-state index >= 15 is 0 Å². The van der Waals surface area contributed by atoms with Crippen LogP contribution in [-0.2, 0) is 24.4 Å². The van der Waals surface area contributed by atoms with Gasteiger partial charge in [-0.2, -0.15) is 0 Å². The van der Waals surface area contributed by atoms with Crippen LogP contribution in [0.25, 0.3) is 0 Å². The summed E-state index contributed by atoms with van der Waals surface area (Å²) in [5.74, 6) is 1.46. The number of benzene rings is 1. The summed E-state index contributed by atoms with van der Waals surface area (Å²) in [6.45, 7) is 11.8. The Labute approximate surface area is 156 Å². The van der Waals surface area contributed by atoms with Crippen molar-refractivity contribution in [3.8, 4) is 11.5 Å². The van der Waals surface area contributed by atoms with Crippen LogP contribution in [0.2, 0.25) is 0 Å². The first-order chi connectivity index (χ1) is 12.6. The summed E-state index contributed by atoms with van der Waals surface area (Å²) in [5.41, 5.74) is 1.24. The van der Waals surface area contributed by atoms with E-state index in [9.17, 15) is 0 Å². The van der Waals surface area contributed by atoms with Crippen LogP contribution in [0.4, 0.5) is 0 Å². The molecule has 1 aliphatic heterocycles. The zero-order valence-corrected chi connectivity index (χ0v) is 16.3. The SMILES string of the molecule is CC(C)(C)c1ccc2c(c1)OCCOCCOCCOCCOCCO2. The van der Waals surface area contributed by atoms with Crippen molar-refractivity contribution >= 4 is 0 Å².